The number of aryl methyl sites for hydroxylation is 1. The number of fused-ring (bicyclic) bond motifs is 2. The fraction of sp³-hybridized carbons (Fsp3) is 0.500. The quantitative estimate of drug-likeness (QED) is 0.196. The highest BCUT2D eigenvalue weighted by Crippen LogP contribution is 2.45. The van der Waals surface area contributed by atoms with Crippen molar-refractivity contribution in [2.45, 2.75) is 90.4 Å². The molecule has 1 fully saturated rings. The summed E-state index contributed by atoms with van der Waals surface area (Å²) in [4.78, 5) is 25.9. The maximum absolute atomic E-state index is 13.4. The van der Waals surface area contributed by atoms with Gasteiger partial charge in [0.15, 0.2) is 11.0 Å². The predicted molar refractivity (Wildman–Crippen MR) is 155 cm³/mol. The molecule has 1 aromatic heterocycles. The van der Waals surface area contributed by atoms with Crippen LogP contribution in [0.15, 0.2) is 45.6 Å². The molecule has 41 heavy (non-hydrogen) atoms. The number of nitrogens with two attached hydrogens (primary N) is 1. The van der Waals surface area contributed by atoms with E-state index in [2.05, 4.69) is 19.2 Å². The lowest BCUT2D eigenvalue weighted by atomic mass is 9.89. The van der Waals surface area contributed by atoms with Crippen LogP contribution in [0.4, 0.5) is 0 Å². The van der Waals surface area contributed by atoms with Crippen molar-refractivity contribution in [3.05, 3.63) is 69.1 Å². The van der Waals surface area contributed by atoms with E-state index in [1.807, 2.05) is 38.1 Å². The molecule has 0 radical (unpaired) electrons. The smallest absolute Gasteiger partial charge is 0.341 e. The molecule has 2 aromatic carbocycles. The fourth-order valence-corrected chi connectivity index (χ4v) is 5.39. The van der Waals surface area contributed by atoms with Crippen molar-refractivity contribution in [3.63, 3.8) is 0 Å². The number of carbonyl (C=O) groups is 1. The highest BCUT2D eigenvalue weighted by molar-refractivity contribution is 5.87. The Kier molecular flexibility index (Phi) is 7.65. The van der Waals surface area contributed by atoms with E-state index in [0.29, 0.717) is 29.4 Å². The number of ether oxygens (including phenoxy) is 3. The number of phenols is 1. The number of carbonyl (C=O) groups excluding carboxylic acids is 1. The summed E-state index contributed by atoms with van der Waals surface area (Å²) in [7, 11) is 0. The van der Waals surface area contributed by atoms with Gasteiger partial charge >= 0.3 is 5.97 Å². The lowest BCUT2D eigenvalue weighted by Crippen LogP contribution is -2.50. The van der Waals surface area contributed by atoms with Crippen LogP contribution < -0.4 is 21.2 Å². The molecule has 3 aromatic rings. The molecule has 2 aliphatic heterocycles. The van der Waals surface area contributed by atoms with Crippen LogP contribution in [0.3, 0.4) is 0 Å². The van der Waals surface area contributed by atoms with Gasteiger partial charge in [0.2, 0.25) is 0 Å². The van der Waals surface area contributed by atoms with Gasteiger partial charge in [-0.05, 0) is 57.7 Å². The van der Waals surface area contributed by atoms with E-state index in [1.54, 1.807) is 19.9 Å². The Bertz CT molecular complexity index is 1530. The Morgan fingerprint density at radius 2 is 1.98 bits per heavy atom. The largest absolute Gasteiger partial charge is 0.507 e. The number of hydrogen-bond donors (Lipinski definition) is 3. The van der Waals surface area contributed by atoms with Gasteiger partial charge in [-0.25, -0.2) is 4.79 Å². The number of benzene rings is 2. The van der Waals surface area contributed by atoms with E-state index in [1.165, 1.54) is 6.07 Å². The third-order valence-electron chi connectivity index (χ3n) is 8.13. The normalized spacial score (nSPS) is 23.6. The molecule has 9 nitrogen and oxygen atoms in total. The summed E-state index contributed by atoms with van der Waals surface area (Å²) in [5.41, 5.74) is 6.64. The average molecular weight is 565 g/mol. The molecule has 0 bridgehead atoms. The lowest BCUT2D eigenvalue weighted by Gasteiger charge is -2.39. The van der Waals surface area contributed by atoms with Crippen LogP contribution in [0, 0.1) is 12.8 Å². The monoisotopic (exact) mass is 564 g/mol. The van der Waals surface area contributed by atoms with E-state index in [0.717, 1.165) is 24.1 Å². The van der Waals surface area contributed by atoms with Crippen molar-refractivity contribution in [3.8, 4) is 11.5 Å². The molecule has 220 valence electrons. The predicted octanol–water partition coefficient (Wildman–Crippen LogP) is 4.43. The van der Waals surface area contributed by atoms with E-state index < -0.39 is 23.3 Å². The van der Waals surface area contributed by atoms with Gasteiger partial charge in [0.25, 0.3) is 0 Å². The van der Waals surface area contributed by atoms with Gasteiger partial charge in [-0.3, -0.25) is 10.1 Å². The third-order valence-corrected chi connectivity index (χ3v) is 8.13. The third kappa shape index (κ3) is 5.84. The summed E-state index contributed by atoms with van der Waals surface area (Å²) in [5.74, 6) is 0.716. The molecule has 0 saturated carbocycles. The molecule has 0 spiro atoms. The van der Waals surface area contributed by atoms with Crippen molar-refractivity contribution < 1.29 is 28.5 Å². The Morgan fingerprint density at radius 1 is 1.22 bits per heavy atom. The minimum atomic E-state index is -1.10. The molecular weight excluding hydrogens is 524 g/mol. The molecular formula is C32H40N2O7. The van der Waals surface area contributed by atoms with Gasteiger partial charge in [-0.15, -0.1) is 0 Å². The Hall–Kier alpha value is -3.40. The van der Waals surface area contributed by atoms with Crippen LogP contribution in [0.25, 0.3) is 11.0 Å². The van der Waals surface area contributed by atoms with E-state index >= 15 is 0 Å². The zero-order valence-electron chi connectivity index (χ0n) is 24.6. The van der Waals surface area contributed by atoms with E-state index in [4.69, 9.17) is 24.4 Å². The average Bonchev–Trinajstić information content (AvgIpc) is 3.54. The lowest BCUT2D eigenvalue weighted by molar-refractivity contribution is -0.166. The summed E-state index contributed by atoms with van der Waals surface area (Å²) in [6.45, 7) is 12.2. The Balaban J connectivity index is 1.27. The molecule has 9 heteroatoms. The van der Waals surface area contributed by atoms with Crippen LogP contribution in [-0.4, -0.2) is 41.0 Å². The summed E-state index contributed by atoms with van der Waals surface area (Å²) in [6, 6.07) is 10.9. The maximum atomic E-state index is 13.4. The van der Waals surface area contributed by atoms with Gasteiger partial charge in [-0.2, -0.15) is 0 Å². The van der Waals surface area contributed by atoms with Crippen LogP contribution in [-0.2, 0) is 27.1 Å². The first-order valence-corrected chi connectivity index (χ1v) is 14.2. The fourth-order valence-electron chi connectivity index (χ4n) is 5.39. The van der Waals surface area contributed by atoms with Gasteiger partial charge in [0.05, 0.1) is 6.17 Å². The van der Waals surface area contributed by atoms with Crippen molar-refractivity contribution in [1.29, 1.82) is 0 Å². The molecule has 3 heterocycles. The number of epoxide rings is 1. The zero-order chi connectivity index (χ0) is 29.7. The topological polar surface area (TPSA) is 137 Å². The number of esters is 1. The SMILES string of the molecule is Cc1cc(=O)c2c(O)c3c(cc2o1)OC(C)(C)[C@H](OC(=O)[C@@]1(C)O[C@@H]1Cc1cccc([C@@H](N)NCCC(C)C)c1)C3. The number of nitrogens with one attached hydrogen (secondary N) is 1. The summed E-state index contributed by atoms with van der Waals surface area (Å²) >= 11 is 0. The van der Waals surface area contributed by atoms with Gasteiger partial charge < -0.3 is 29.5 Å². The Morgan fingerprint density at radius 3 is 2.71 bits per heavy atom. The van der Waals surface area contributed by atoms with E-state index in [-0.39, 0.29) is 40.8 Å². The zero-order valence-corrected chi connectivity index (χ0v) is 24.6. The van der Waals surface area contributed by atoms with Crippen molar-refractivity contribution >= 4 is 16.9 Å². The summed E-state index contributed by atoms with van der Waals surface area (Å²) < 4.78 is 23.7. The molecule has 0 aliphatic carbocycles. The first-order chi connectivity index (χ1) is 19.3. The number of rotatable bonds is 9. The first-order valence-electron chi connectivity index (χ1n) is 14.2. The first kappa shape index (κ1) is 29.1. The summed E-state index contributed by atoms with van der Waals surface area (Å²) in [5, 5.41) is 14.4. The minimum absolute atomic E-state index is 0.0809. The highest BCUT2D eigenvalue weighted by Gasteiger charge is 2.60. The minimum Gasteiger partial charge on any atom is -0.507 e. The van der Waals surface area contributed by atoms with Crippen molar-refractivity contribution in [2.75, 3.05) is 6.54 Å². The number of hydrogen-bond acceptors (Lipinski definition) is 9. The summed E-state index contributed by atoms with van der Waals surface area (Å²) in [6.07, 6.45) is 0.416. The van der Waals surface area contributed by atoms with Gasteiger partial charge in [0.1, 0.15) is 46.0 Å². The molecule has 4 N–H and O–H groups in total. The highest BCUT2D eigenvalue weighted by atomic mass is 16.7. The molecule has 1 saturated heterocycles. The number of aromatic hydroxyl groups is 1. The van der Waals surface area contributed by atoms with Crippen LogP contribution in [0.5, 0.6) is 11.5 Å². The second kappa shape index (κ2) is 10.8. The number of phenolic OH excluding ortho intramolecular Hbond substituents is 1. The second-order valence-corrected chi connectivity index (χ2v) is 12.4. The molecule has 4 atom stereocenters. The maximum Gasteiger partial charge on any atom is 0.341 e. The van der Waals surface area contributed by atoms with Crippen molar-refractivity contribution in [2.24, 2.45) is 11.7 Å². The van der Waals surface area contributed by atoms with Crippen LogP contribution in [0.1, 0.15) is 69.7 Å². The van der Waals surface area contributed by atoms with Crippen molar-refractivity contribution in [1.82, 2.24) is 5.32 Å². The molecule has 2 aliphatic rings. The second-order valence-electron chi connectivity index (χ2n) is 12.4. The van der Waals surface area contributed by atoms with Crippen LogP contribution in [0.2, 0.25) is 0 Å². The van der Waals surface area contributed by atoms with Gasteiger partial charge in [-0.1, -0.05) is 38.1 Å². The van der Waals surface area contributed by atoms with Gasteiger partial charge in [0, 0.05) is 30.5 Å². The molecule has 0 amide bonds. The van der Waals surface area contributed by atoms with E-state index in [9.17, 15) is 14.7 Å². The Labute approximate surface area is 240 Å². The standard InChI is InChI=1S/C32H40N2O7/c1-17(2)10-11-34-29(33)20-9-7-8-19(13-20)14-26-32(6,41-26)30(37)39-25-15-21-23(40-31(25,4)5)16-24-27(28(21)36)22(35)12-18(3)38-24/h7-9,12-13,16-17,25-26,29,34,36H,10-11,14-15,33H2,1-6H3/t25-,26-,29+,32+/m1/s1. The van der Waals surface area contributed by atoms with Crippen LogP contribution >= 0.6 is 0 Å². The molecule has 5 rings (SSSR count). The molecule has 0 unspecified atom stereocenters.